The number of nitrogens with zero attached hydrogens (tertiary/aromatic N) is 3. The van der Waals surface area contributed by atoms with E-state index in [2.05, 4.69) is 37.1 Å². The first-order valence-electron chi connectivity index (χ1n) is 6.00. The summed E-state index contributed by atoms with van der Waals surface area (Å²) in [6, 6.07) is 0.690. The van der Waals surface area contributed by atoms with Crippen molar-refractivity contribution >= 4 is 32.6 Å². The molecule has 90 valence electrons. The highest BCUT2D eigenvalue weighted by atomic mass is 79.9. The smallest absolute Gasteiger partial charge is 0.205 e. The lowest BCUT2D eigenvalue weighted by Crippen LogP contribution is -2.29. The van der Waals surface area contributed by atoms with Gasteiger partial charge < -0.3 is 4.90 Å². The topological polar surface area (TPSA) is 29.0 Å². The molecule has 0 spiro atoms. The molecule has 0 aromatic carbocycles. The van der Waals surface area contributed by atoms with Gasteiger partial charge in [0.15, 0.2) is 0 Å². The van der Waals surface area contributed by atoms with E-state index in [4.69, 9.17) is 0 Å². The lowest BCUT2D eigenvalue weighted by atomic mass is 10.1. The number of rotatable bonds is 5. The minimum absolute atomic E-state index is 0.690. The largest absolute Gasteiger partial charge is 0.344 e. The third-order valence-corrected chi connectivity index (χ3v) is 4.42. The van der Waals surface area contributed by atoms with Crippen LogP contribution in [0.3, 0.4) is 0 Å². The molecule has 3 nitrogen and oxygen atoms in total. The van der Waals surface area contributed by atoms with Gasteiger partial charge in [0.25, 0.3) is 0 Å². The van der Waals surface area contributed by atoms with Crippen LogP contribution in [0.2, 0.25) is 0 Å². The van der Waals surface area contributed by atoms with Crippen LogP contribution in [0.15, 0.2) is 0 Å². The first-order valence-corrected chi connectivity index (χ1v) is 7.89. The molecule has 1 aromatic heterocycles. The number of anilines is 1. The highest BCUT2D eigenvalue weighted by Crippen LogP contribution is 2.29. The summed E-state index contributed by atoms with van der Waals surface area (Å²) in [4.78, 5) is 7.05. The second kappa shape index (κ2) is 5.96. The van der Waals surface area contributed by atoms with Gasteiger partial charge >= 0.3 is 0 Å². The maximum Gasteiger partial charge on any atom is 0.205 e. The molecule has 1 aliphatic rings. The number of aryl methyl sites for hydroxylation is 1. The third kappa shape index (κ3) is 2.74. The van der Waals surface area contributed by atoms with Crippen molar-refractivity contribution in [2.75, 3.05) is 16.8 Å². The molecule has 1 aromatic rings. The van der Waals surface area contributed by atoms with E-state index in [0.717, 1.165) is 29.3 Å². The fourth-order valence-electron chi connectivity index (χ4n) is 2.21. The summed E-state index contributed by atoms with van der Waals surface area (Å²) in [6.07, 6.45) is 6.07. The lowest BCUT2D eigenvalue weighted by molar-refractivity contribution is 0.603. The molecule has 2 heterocycles. The van der Waals surface area contributed by atoms with Crippen molar-refractivity contribution in [2.24, 2.45) is 0 Å². The quantitative estimate of drug-likeness (QED) is 0.782. The van der Waals surface area contributed by atoms with Gasteiger partial charge in [0.1, 0.15) is 5.82 Å². The van der Waals surface area contributed by atoms with E-state index >= 15 is 0 Å². The number of hydrogen-bond acceptors (Lipinski definition) is 4. The van der Waals surface area contributed by atoms with Crippen molar-refractivity contribution in [3.63, 3.8) is 0 Å². The van der Waals surface area contributed by atoms with Gasteiger partial charge in [-0.15, -0.1) is 0 Å². The average Bonchev–Trinajstić information content (AvgIpc) is 2.94. The maximum absolute atomic E-state index is 4.59. The maximum atomic E-state index is 4.59. The van der Waals surface area contributed by atoms with Crippen LogP contribution in [0, 0.1) is 0 Å². The SMILES string of the molecule is CCc1nsc(N2CCCC2CCCBr)n1. The molecule has 2 rings (SSSR count). The van der Waals surface area contributed by atoms with E-state index in [1.807, 2.05) is 0 Å². The Morgan fingerprint density at radius 1 is 1.56 bits per heavy atom. The summed E-state index contributed by atoms with van der Waals surface area (Å²) in [7, 11) is 0. The molecule has 0 bridgehead atoms. The Labute approximate surface area is 110 Å². The van der Waals surface area contributed by atoms with Crippen LogP contribution in [0.4, 0.5) is 5.13 Å². The van der Waals surface area contributed by atoms with Gasteiger partial charge in [0.05, 0.1) is 0 Å². The van der Waals surface area contributed by atoms with E-state index in [-0.39, 0.29) is 0 Å². The molecule has 1 unspecified atom stereocenters. The Morgan fingerprint density at radius 3 is 3.12 bits per heavy atom. The molecule has 1 fully saturated rings. The minimum Gasteiger partial charge on any atom is -0.344 e. The molecule has 1 aliphatic heterocycles. The molecule has 1 atom stereocenters. The molecular formula is C11H18BrN3S. The van der Waals surface area contributed by atoms with Gasteiger partial charge in [0.2, 0.25) is 5.13 Å². The molecule has 16 heavy (non-hydrogen) atoms. The van der Waals surface area contributed by atoms with Gasteiger partial charge in [-0.25, -0.2) is 4.98 Å². The summed E-state index contributed by atoms with van der Waals surface area (Å²) >= 11 is 5.07. The van der Waals surface area contributed by atoms with Crippen LogP contribution in [-0.4, -0.2) is 27.3 Å². The van der Waals surface area contributed by atoms with Gasteiger partial charge in [0, 0.05) is 35.9 Å². The highest BCUT2D eigenvalue weighted by Gasteiger charge is 2.26. The monoisotopic (exact) mass is 303 g/mol. The van der Waals surface area contributed by atoms with E-state index in [0.29, 0.717) is 6.04 Å². The van der Waals surface area contributed by atoms with Gasteiger partial charge in [-0.05, 0) is 25.7 Å². The highest BCUT2D eigenvalue weighted by molar-refractivity contribution is 9.09. The Morgan fingerprint density at radius 2 is 2.44 bits per heavy atom. The lowest BCUT2D eigenvalue weighted by Gasteiger charge is -2.23. The summed E-state index contributed by atoms with van der Waals surface area (Å²) in [6.45, 7) is 3.27. The zero-order chi connectivity index (χ0) is 11.4. The van der Waals surface area contributed by atoms with E-state index < -0.39 is 0 Å². The van der Waals surface area contributed by atoms with Gasteiger partial charge in [-0.1, -0.05) is 22.9 Å². The van der Waals surface area contributed by atoms with Crippen molar-refractivity contribution in [3.05, 3.63) is 5.82 Å². The second-order valence-corrected chi connectivity index (χ2v) is 5.69. The molecule has 1 saturated heterocycles. The molecule has 5 heteroatoms. The molecule has 0 aliphatic carbocycles. The molecular weight excluding hydrogens is 286 g/mol. The summed E-state index contributed by atoms with van der Waals surface area (Å²) in [5, 5.41) is 2.24. The zero-order valence-electron chi connectivity index (χ0n) is 9.65. The number of hydrogen-bond donors (Lipinski definition) is 0. The fourth-order valence-corrected chi connectivity index (χ4v) is 3.38. The summed E-state index contributed by atoms with van der Waals surface area (Å²) in [5.74, 6) is 0.992. The van der Waals surface area contributed by atoms with E-state index in [1.54, 1.807) is 11.5 Å². The predicted molar refractivity (Wildman–Crippen MR) is 72.7 cm³/mol. The van der Waals surface area contributed by atoms with Crippen molar-refractivity contribution in [1.82, 2.24) is 9.36 Å². The van der Waals surface area contributed by atoms with E-state index in [1.165, 1.54) is 25.7 Å². The number of halogens is 1. The Bertz CT molecular complexity index is 329. The fraction of sp³-hybridized carbons (Fsp3) is 0.818. The standard InChI is InChI=1S/C11H18BrN3S/c1-2-10-13-11(16-14-10)15-8-4-6-9(15)5-3-7-12/h9H,2-8H2,1H3. The van der Waals surface area contributed by atoms with Crippen LogP contribution in [-0.2, 0) is 6.42 Å². The average molecular weight is 304 g/mol. The second-order valence-electron chi connectivity index (χ2n) is 4.17. The Hall–Kier alpha value is -0.160. The van der Waals surface area contributed by atoms with Crippen molar-refractivity contribution in [1.29, 1.82) is 0 Å². The first-order chi connectivity index (χ1) is 7.85. The van der Waals surface area contributed by atoms with Crippen LogP contribution in [0.25, 0.3) is 0 Å². The zero-order valence-corrected chi connectivity index (χ0v) is 12.1. The molecule has 0 radical (unpaired) electrons. The Balaban J connectivity index is 2.01. The first kappa shape index (κ1) is 12.3. The number of aromatic nitrogens is 2. The molecule has 0 N–H and O–H groups in total. The predicted octanol–water partition coefficient (Wildman–Crippen LogP) is 3.24. The minimum atomic E-state index is 0.690. The van der Waals surface area contributed by atoms with Crippen molar-refractivity contribution in [2.45, 2.75) is 45.1 Å². The summed E-state index contributed by atoms with van der Waals surface area (Å²) in [5.41, 5.74) is 0. The van der Waals surface area contributed by atoms with Crippen LogP contribution < -0.4 is 4.90 Å². The van der Waals surface area contributed by atoms with Crippen LogP contribution in [0.1, 0.15) is 38.4 Å². The van der Waals surface area contributed by atoms with Crippen molar-refractivity contribution in [3.8, 4) is 0 Å². The summed E-state index contributed by atoms with van der Waals surface area (Å²) < 4.78 is 4.37. The third-order valence-electron chi connectivity index (χ3n) is 3.07. The van der Waals surface area contributed by atoms with Crippen LogP contribution >= 0.6 is 27.5 Å². The van der Waals surface area contributed by atoms with Crippen LogP contribution in [0.5, 0.6) is 0 Å². The molecule has 0 amide bonds. The Kier molecular flexibility index (Phi) is 4.58. The van der Waals surface area contributed by atoms with Crippen molar-refractivity contribution < 1.29 is 0 Å². The van der Waals surface area contributed by atoms with E-state index in [9.17, 15) is 0 Å². The van der Waals surface area contributed by atoms with Gasteiger partial charge in [-0.3, -0.25) is 0 Å². The number of alkyl halides is 1. The molecule has 0 saturated carbocycles. The normalized spacial score (nSPS) is 20.6. The van der Waals surface area contributed by atoms with Gasteiger partial charge in [-0.2, -0.15) is 4.37 Å².